The van der Waals surface area contributed by atoms with Crippen molar-refractivity contribution in [2.24, 2.45) is 17.4 Å². The first kappa shape index (κ1) is 14.5. The number of carbonyl (C=O) groups excluding carboxylic acids is 2. The molecule has 1 fully saturated rings. The molecule has 2 atom stereocenters. The average Bonchev–Trinajstić information content (AvgIpc) is 2.87. The van der Waals surface area contributed by atoms with Crippen molar-refractivity contribution in [3.05, 3.63) is 18.2 Å². The number of nitrogens with zero attached hydrogens (tertiary/aromatic N) is 3. The highest BCUT2D eigenvalue weighted by Crippen LogP contribution is 2.23. The van der Waals surface area contributed by atoms with Gasteiger partial charge in [-0.3, -0.25) is 9.59 Å². The van der Waals surface area contributed by atoms with Crippen LogP contribution in [0.5, 0.6) is 0 Å². The van der Waals surface area contributed by atoms with Crippen molar-refractivity contribution in [1.82, 2.24) is 14.5 Å². The first-order chi connectivity index (χ1) is 9.52. The van der Waals surface area contributed by atoms with Crippen LogP contribution in [0.1, 0.15) is 30.3 Å². The Morgan fingerprint density at radius 3 is 2.85 bits per heavy atom. The summed E-state index contributed by atoms with van der Waals surface area (Å²) in [6, 6.07) is 0.0951. The maximum atomic E-state index is 12.5. The van der Waals surface area contributed by atoms with E-state index < -0.39 is 0 Å². The van der Waals surface area contributed by atoms with Crippen LogP contribution < -0.4 is 11.5 Å². The third kappa shape index (κ3) is 2.98. The quantitative estimate of drug-likeness (QED) is 0.779. The van der Waals surface area contributed by atoms with Gasteiger partial charge in [-0.1, -0.05) is 0 Å². The summed E-state index contributed by atoms with van der Waals surface area (Å²) in [6.07, 6.45) is 4.81. The van der Waals surface area contributed by atoms with E-state index in [0.717, 1.165) is 12.8 Å². The lowest BCUT2D eigenvalue weighted by Gasteiger charge is -2.36. The van der Waals surface area contributed by atoms with E-state index in [1.54, 1.807) is 22.0 Å². The molecule has 1 aliphatic rings. The Bertz CT molecular complexity index is 499. The molecule has 2 rings (SSSR count). The van der Waals surface area contributed by atoms with Crippen LogP contribution in [0.3, 0.4) is 0 Å². The maximum absolute atomic E-state index is 12.5. The van der Waals surface area contributed by atoms with Crippen molar-refractivity contribution in [1.29, 1.82) is 0 Å². The van der Waals surface area contributed by atoms with Crippen molar-refractivity contribution in [2.75, 3.05) is 13.1 Å². The molecule has 0 radical (unpaired) electrons. The van der Waals surface area contributed by atoms with Gasteiger partial charge in [0.15, 0.2) is 0 Å². The number of nitrogens with two attached hydrogens (primary N) is 2. The lowest BCUT2D eigenvalue weighted by atomic mass is 9.92. The van der Waals surface area contributed by atoms with Gasteiger partial charge in [-0.2, -0.15) is 0 Å². The predicted molar refractivity (Wildman–Crippen MR) is 73.7 cm³/mol. The summed E-state index contributed by atoms with van der Waals surface area (Å²) in [5.74, 6) is -0.760. The van der Waals surface area contributed by atoms with Crippen LogP contribution in [0.15, 0.2) is 12.5 Å². The molecular weight excluding hydrogens is 258 g/mol. The molecule has 7 heteroatoms. The number of carbonyl (C=O) groups is 2. The number of piperidine rings is 1. The third-order valence-electron chi connectivity index (χ3n) is 3.78. The Morgan fingerprint density at radius 2 is 2.20 bits per heavy atom. The van der Waals surface area contributed by atoms with E-state index >= 15 is 0 Å². The van der Waals surface area contributed by atoms with Crippen LogP contribution in [0, 0.1) is 5.92 Å². The fourth-order valence-corrected chi connectivity index (χ4v) is 2.51. The Hall–Kier alpha value is -1.89. The summed E-state index contributed by atoms with van der Waals surface area (Å²) in [5, 5.41) is 0. The molecule has 1 aromatic heterocycles. The molecule has 0 spiro atoms. The molecule has 20 heavy (non-hydrogen) atoms. The number of amides is 2. The van der Waals surface area contributed by atoms with Crippen LogP contribution in [0.4, 0.5) is 0 Å². The number of aromatic nitrogens is 2. The van der Waals surface area contributed by atoms with Crippen LogP contribution in [-0.4, -0.2) is 45.4 Å². The smallest absolute Gasteiger partial charge is 0.274 e. The minimum Gasteiger partial charge on any atom is -0.369 e. The minimum atomic E-state index is -0.344. The molecule has 4 N–H and O–H groups in total. The molecule has 0 saturated carbocycles. The van der Waals surface area contributed by atoms with Crippen molar-refractivity contribution in [3.8, 4) is 0 Å². The van der Waals surface area contributed by atoms with Crippen molar-refractivity contribution in [3.63, 3.8) is 0 Å². The monoisotopic (exact) mass is 279 g/mol. The highest BCUT2D eigenvalue weighted by molar-refractivity contribution is 5.93. The number of imidazole rings is 1. The normalized spacial score (nSPS) is 22.8. The molecule has 0 aromatic carbocycles. The number of hydrogen-bond acceptors (Lipinski definition) is 4. The summed E-state index contributed by atoms with van der Waals surface area (Å²) in [5.41, 5.74) is 11.2. The van der Waals surface area contributed by atoms with Crippen molar-refractivity contribution < 1.29 is 9.59 Å². The van der Waals surface area contributed by atoms with E-state index in [4.69, 9.17) is 11.5 Å². The van der Waals surface area contributed by atoms with Gasteiger partial charge in [-0.05, 0) is 19.8 Å². The zero-order valence-corrected chi connectivity index (χ0v) is 11.7. The molecule has 0 bridgehead atoms. The standard InChI is InChI=1S/C13H21N5O2/c1-9-2-3-10(12(15)19)6-18(9)13(20)11-7-17(5-4-14)8-16-11/h7-10H,2-6,14H2,1H3,(H2,15,19). The van der Waals surface area contributed by atoms with Gasteiger partial charge in [0.25, 0.3) is 5.91 Å². The summed E-state index contributed by atoms with van der Waals surface area (Å²) < 4.78 is 1.79. The van der Waals surface area contributed by atoms with E-state index in [0.29, 0.717) is 25.3 Å². The largest absolute Gasteiger partial charge is 0.369 e. The van der Waals surface area contributed by atoms with Crippen LogP contribution in [0.25, 0.3) is 0 Å². The predicted octanol–water partition coefficient (Wildman–Crippen LogP) is -0.432. The van der Waals surface area contributed by atoms with Gasteiger partial charge < -0.3 is 20.9 Å². The summed E-state index contributed by atoms with van der Waals surface area (Å²) >= 11 is 0. The Kier molecular flexibility index (Phi) is 4.39. The van der Waals surface area contributed by atoms with E-state index in [1.807, 2.05) is 6.92 Å². The zero-order chi connectivity index (χ0) is 14.7. The molecule has 2 heterocycles. The highest BCUT2D eigenvalue weighted by atomic mass is 16.2. The topological polar surface area (TPSA) is 107 Å². The van der Waals surface area contributed by atoms with Gasteiger partial charge in [-0.15, -0.1) is 0 Å². The Balaban J connectivity index is 2.11. The van der Waals surface area contributed by atoms with Crippen LogP contribution >= 0.6 is 0 Å². The first-order valence-electron chi connectivity index (χ1n) is 6.85. The second-order valence-electron chi connectivity index (χ2n) is 5.27. The molecule has 2 unspecified atom stereocenters. The fraction of sp³-hybridized carbons (Fsp3) is 0.615. The lowest BCUT2D eigenvalue weighted by molar-refractivity contribution is -0.123. The number of likely N-dealkylation sites (tertiary alicyclic amines) is 1. The summed E-state index contributed by atoms with van der Waals surface area (Å²) in [7, 11) is 0. The van der Waals surface area contributed by atoms with Crippen molar-refractivity contribution >= 4 is 11.8 Å². The molecule has 0 aliphatic carbocycles. The molecule has 110 valence electrons. The minimum absolute atomic E-state index is 0.0951. The van der Waals surface area contributed by atoms with Gasteiger partial charge in [0.2, 0.25) is 5.91 Å². The Labute approximate surface area is 117 Å². The molecule has 1 aromatic rings. The number of primary amides is 1. The SMILES string of the molecule is CC1CCC(C(N)=O)CN1C(=O)c1cn(CCN)cn1. The second kappa shape index (κ2) is 6.04. The van der Waals surface area contributed by atoms with Crippen LogP contribution in [-0.2, 0) is 11.3 Å². The highest BCUT2D eigenvalue weighted by Gasteiger charge is 2.32. The van der Waals surface area contributed by atoms with E-state index in [1.165, 1.54) is 0 Å². The van der Waals surface area contributed by atoms with E-state index in [2.05, 4.69) is 4.98 Å². The summed E-state index contributed by atoms with van der Waals surface area (Å²) in [4.78, 5) is 29.6. The van der Waals surface area contributed by atoms with Crippen molar-refractivity contribution in [2.45, 2.75) is 32.4 Å². The molecule has 1 aliphatic heterocycles. The van der Waals surface area contributed by atoms with Gasteiger partial charge >= 0.3 is 0 Å². The third-order valence-corrected chi connectivity index (χ3v) is 3.78. The van der Waals surface area contributed by atoms with Crippen LogP contribution in [0.2, 0.25) is 0 Å². The number of hydrogen-bond donors (Lipinski definition) is 2. The van der Waals surface area contributed by atoms with Gasteiger partial charge in [0.05, 0.1) is 12.2 Å². The molecule has 2 amide bonds. The fourth-order valence-electron chi connectivity index (χ4n) is 2.51. The lowest BCUT2D eigenvalue weighted by Crippen LogP contribution is -2.48. The summed E-state index contributed by atoms with van der Waals surface area (Å²) in [6.45, 7) is 3.47. The second-order valence-corrected chi connectivity index (χ2v) is 5.27. The van der Waals surface area contributed by atoms with E-state index in [9.17, 15) is 9.59 Å². The first-order valence-corrected chi connectivity index (χ1v) is 6.85. The average molecular weight is 279 g/mol. The molecule has 1 saturated heterocycles. The number of rotatable bonds is 4. The molecule has 7 nitrogen and oxygen atoms in total. The Morgan fingerprint density at radius 1 is 1.45 bits per heavy atom. The maximum Gasteiger partial charge on any atom is 0.274 e. The molecular formula is C13H21N5O2. The van der Waals surface area contributed by atoms with Gasteiger partial charge in [-0.25, -0.2) is 4.98 Å². The van der Waals surface area contributed by atoms with Gasteiger partial charge in [0.1, 0.15) is 5.69 Å². The van der Waals surface area contributed by atoms with Gasteiger partial charge in [0, 0.05) is 31.9 Å². The zero-order valence-electron chi connectivity index (χ0n) is 11.7. The van der Waals surface area contributed by atoms with E-state index in [-0.39, 0.29) is 23.8 Å².